The van der Waals surface area contributed by atoms with E-state index in [0.717, 1.165) is 16.7 Å². The standard InChI is InChI=1S/C13H10FNO4S/c1-19-11(16)7-15-12(17)10(20-13(15)18)6-8-2-4-9(14)5-3-8/h2-6H,7H2,1H3. The number of benzene rings is 1. The van der Waals surface area contributed by atoms with Crippen LogP contribution in [0.25, 0.3) is 6.08 Å². The van der Waals surface area contributed by atoms with Gasteiger partial charge >= 0.3 is 5.97 Å². The van der Waals surface area contributed by atoms with Crippen molar-refractivity contribution in [2.75, 3.05) is 13.7 Å². The Labute approximate surface area is 118 Å². The lowest BCUT2D eigenvalue weighted by atomic mass is 10.2. The van der Waals surface area contributed by atoms with E-state index in [1.165, 1.54) is 37.5 Å². The third-order valence-corrected chi connectivity index (χ3v) is 3.46. The molecule has 0 spiro atoms. The van der Waals surface area contributed by atoms with E-state index < -0.39 is 23.7 Å². The van der Waals surface area contributed by atoms with Crippen LogP contribution in [0.5, 0.6) is 0 Å². The maximum absolute atomic E-state index is 12.8. The minimum Gasteiger partial charge on any atom is -0.468 e. The molecule has 2 rings (SSSR count). The van der Waals surface area contributed by atoms with Crippen molar-refractivity contribution in [3.8, 4) is 0 Å². The van der Waals surface area contributed by atoms with Gasteiger partial charge in [0.1, 0.15) is 12.4 Å². The van der Waals surface area contributed by atoms with Gasteiger partial charge in [-0.15, -0.1) is 0 Å². The molecule has 0 bridgehead atoms. The van der Waals surface area contributed by atoms with Crippen LogP contribution in [0.15, 0.2) is 29.2 Å². The summed E-state index contributed by atoms with van der Waals surface area (Å²) >= 11 is 0.730. The van der Waals surface area contributed by atoms with Gasteiger partial charge in [-0.3, -0.25) is 19.3 Å². The molecule has 0 saturated carbocycles. The van der Waals surface area contributed by atoms with Crippen molar-refractivity contribution < 1.29 is 23.5 Å². The average molecular weight is 295 g/mol. The molecule has 1 aliphatic heterocycles. The first-order valence-corrected chi connectivity index (χ1v) is 6.40. The van der Waals surface area contributed by atoms with Crippen molar-refractivity contribution in [1.29, 1.82) is 0 Å². The van der Waals surface area contributed by atoms with Crippen molar-refractivity contribution in [3.63, 3.8) is 0 Å². The van der Waals surface area contributed by atoms with E-state index >= 15 is 0 Å². The van der Waals surface area contributed by atoms with Crippen LogP contribution in [0.1, 0.15) is 5.56 Å². The molecule has 0 atom stereocenters. The Hall–Kier alpha value is -2.15. The third-order valence-electron chi connectivity index (χ3n) is 2.56. The highest BCUT2D eigenvalue weighted by Gasteiger charge is 2.36. The van der Waals surface area contributed by atoms with E-state index in [4.69, 9.17) is 0 Å². The van der Waals surface area contributed by atoms with Crippen LogP contribution >= 0.6 is 11.8 Å². The summed E-state index contributed by atoms with van der Waals surface area (Å²) in [5.74, 6) is -1.62. The summed E-state index contributed by atoms with van der Waals surface area (Å²) in [6, 6.07) is 5.49. The van der Waals surface area contributed by atoms with Crippen molar-refractivity contribution in [3.05, 3.63) is 40.6 Å². The van der Waals surface area contributed by atoms with Gasteiger partial charge in [0.25, 0.3) is 11.1 Å². The Morgan fingerprint density at radius 2 is 2.00 bits per heavy atom. The Morgan fingerprint density at radius 1 is 1.35 bits per heavy atom. The van der Waals surface area contributed by atoms with Crippen LogP contribution < -0.4 is 0 Å². The van der Waals surface area contributed by atoms with Crippen molar-refractivity contribution in [1.82, 2.24) is 4.90 Å². The second kappa shape index (κ2) is 5.87. The van der Waals surface area contributed by atoms with E-state index in [1.54, 1.807) is 0 Å². The van der Waals surface area contributed by atoms with E-state index in [2.05, 4.69) is 4.74 Å². The zero-order valence-electron chi connectivity index (χ0n) is 10.5. The highest BCUT2D eigenvalue weighted by Crippen LogP contribution is 2.31. The lowest BCUT2D eigenvalue weighted by Gasteiger charge is -2.09. The molecule has 0 N–H and O–H groups in total. The molecule has 1 aromatic carbocycles. The largest absolute Gasteiger partial charge is 0.468 e. The molecule has 2 amide bonds. The lowest BCUT2D eigenvalue weighted by molar-refractivity contribution is -0.143. The fourth-order valence-corrected chi connectivity index (χ4v) is 2.38. The SMILES string of the molecule is COC(=O)CN1C(=O)SC(=Cc2ccc(F)cc2)C1=O. The van der Waals surface area contributed by atoms with Crippen LogP contribution in [-0.4, -0.2) is 35.7 Å². The third kappa shape index (κ3) is 3.05. The van der Waals surface area contributed by atoms with Crippen molar-refractivity contribution in [2.45, 2.75) is 0 Å². The zero-order valence-corrected chi connectivity index (χ0v) is 11.3. The maximum atomic E-state index is 12.8. The summed E-state index contributed by atoms with van der Waals surface area (Å²) in [5, 5.41) is -0.534. The number of halogens is 1. The van der Waals surface area contributed by atoms with Crippen LogP contribution in [-0.2, 0) is 14.3 Å². The summed E-state index contributed by atoms with van der Waals surface area (Å²) in [4.78, 5) is 35.7. The summed E-state index contributed by atoms with van der Waals surface area (Å²) < 4.78 is 17.2. The number of nitrogens with zero attached hydrogens (tertiary/aromatic N) is 1. The second-order valence-electron chi connectivity index (χ2n) is 3.90. The summed E-state index contributed by atoms with van der Waals surface area (Å²) in [6.07, 6.45) is 1.47. The van der Waals surface area contributed by atoms with Gasteiger partial charge in [-0.05, 0) is 35.5 Å². The molecule has 1 saturated heterocycles. The molecule has 0 aliphatic carbocycles. The van der Waals surface area contributed by atoms with Gasteiger partial charge < -0.3 is 4.74 Å². The van der Waals surface area contributed by atoms with Gasteiger partial charge in [-0.25, -0.2) is 4.39 Å². The minimum absolute atomic E-state index is 0.186. The molecule has 104 valence electrons. The van der Waals surface area contributed by atoms with Gasteiger partial charge in [0.15, 0.2) is 0 Å². The maximum Gasteiger partial charge on any atom is 0.325 e. The normalized spacial score (nSPS) is 16.9. The Balaban J connectivity index is 2.19. The number of thioether (sulfide) groups is 1. The van der Waals surface area contributed by atoms with Crippen LogP contribution in [0.4, 0.5) is 9.18 Å². The number of carbonyl (C=O) groups excluding carboxylic acids is 3. The summed E-state index contributed by atoms with van der Waals surface area (Å²) in [5.41, 5.74) is 0.593. The molecule has 1 heterocycles. The molecule has 1 aromatic rings. The number of rotatable bonds is 3. The molecule has 1 aliphatic rings. The van der Waals surface area contributed by atoms with E-state index in [9.17, 15) is 18.8 Å². The molecule has 1 fully saturated rings. The first-order chi connectivity index (χ1) is 9.51. The monoisotopic (exact) mass is 295 g/mol. The number of methoxy groups -OCH3 is 1. The van der Waals surface area contributed by atoms with Gasteiger partial charge in [0.05, 0.1) is 12.0 Å². The predicted molar refractivity (Wildman–Crippen MR) is 71.1 cm³/mol. The zero-order chi connectivity index (χ0) is 14.7. The van der Waals surface area contributed by atoms with Crippen LogP contribution in [0, 0.1) is 5.82 Å². The fourth-order valence-electron chi connectivity index (χ4n) is 1.54. The van der Waals surface area contributed by atoms with Gasteiger partial charge in [-0.2, -0.15) is 0 Å². The quantitative estimate of drug-likeness (QED) is 0.630. The minimum atomic E-state index is -0.671. The number of hydrogen-bond acceptors (Lipinski definition) is 5. The van der Waals surface area contributed by atoms with Gasteiger partial charge in [0.2, 0.25) is 0 Å². The van der Waals surface area contributed by atoms with Gasteiger partial charge in [0, 0.05) is 0 Å². The lowest BCUT2D eigenvalue weighted by Crippen LogP contribution is -2.34. The summed E-state index contributed by atoms with van der Waals surface area (Å²) in [6.45, 7) is -0.415. The van der Waals surface area contributed by atoms with Crippen molar-refractivity contribution >= 4 is 35.0 Å². The topological polar surface area (TPSA) is 63.7 Å². The van der Waals surface area contributed by atoms with Crippen LogP contribution in [0.3, 0.4) is 0 Å². The molecule has 7 heteroatoms. The number of carbonyl (C=O) groups is 3. The number of ether oxygens (including phenoxy) is 1. The number of hydrogen-bond donors (Lipinski definition) is 0. The predicted octanol–water partition coefficient (Wildman–Crippen LogP) is 2.03. The molecule has 0 radical (unpaired) electrons. The smallest absolute Gasteiger partial charge is 0.325 e. The molecule has 20 heavy (non-hydrogen) atoms. The van der Waals surface area contributed by atoms with Gasteiger partial charge in [-0.1, -0.05) is 12.1 Å². The molecule has 0 aromatic heterocycles. The van der Waals surface area contributed by atoms with E-state index in [0.29, 0.717) is 5.56 Å². The van der Waals surface area contributed by atoms with Crippen LogP contribution in [0.2, 0.25) is 0 Å². The molecular weight excluding hydrogens is 285 g/mol. The number of esters is 1. The Bertz CT molecular complexity index is 597. The highest BCUT2D eigenvalue weighted by molar-refractivity contribution is 8.18. The molecule has 5 nitrogen and oxygen atoms in total. The molecular formula is C13H10FNO4S. The van der Waals surface area contributed by atoms with E-state index in [-0.39, 0.29) is 10.7 Å². The number of amides is 2. The average Bonchev–Trinajstić information content (AvgIpc) is 2.69. The second-order valence-corrected chi connectivity index (χ2v) is 4.89. The Morgan fingerprint density at radius 3 is 2.60 bits per heavy atom. The first kappa shape index (κ1) is 14.3. The summed E-state index contributed by atoms with van der Waals surface area (Å²) in [7, 11) is 1.18. The number of imide groups is 1. The van der Waals surface area contributed by atoms with Crippen molar-refractivity contribution in [2.24, 2.45) is 0 Å². The highest BCUT2D eigenvalue weighted by atomic mass is 32.2. The Kier molecular flexibility index (Phi) is 4.19. The molecule has 0 unspecified atom stereocenters. The van der Waals surface area contributed by atoms with E-state index in [1.807, 2.05) is 0 Å². The fraction of sp³-hybridized carbons (Fsp3) is 0.154. The first-order valence-electron chi connectivity index (χ1n) is 5.59.